The SMILES string of the molecule is CSc1ccccc1C(=O)OCc1cc(-c2ccc3c(c2)OCCO3)on1. The van der Waals surface area contributed by atoms with Crippen LogP contribution in [-0.2, 0) is 11.3 Å². The summed E-state index contributed by atoms with van der Waals surface area (Å²) in [4.78, 5) is 13.2. The molecule has 0 atom stereocenters. The molecule has 1 aliphatic rings. The van der Waals surface area contributed by atoms with E-state index in [1.165, 1.54) is 11.8 Å². The van der Waals surface area contributed by atoms with Crippen LogP contribution in [0.4, 0.5) is 0 Å². The van der Waals surface area contributed by atoms with Gasteiger partial charge in [0.05, 0.1) is 5.56 Å². The number of fused-ring (bicyclic) bond motifs is 1. The van der Waals surface area contributed by atoms with E-state index in [9.17, 15) is 4.79 Å². The second-order valence-corrected chi connectivity index (χ2v) is 6.67. The maximum absolute atomic E-state index is 12.3. The van der Waals surface area contributed by atoms with Crippen LogP contribution in [0.2, 0.25) is 0 Å². The predicted octanol–water partition coefficient (Wildman–Crippen LogP) is 4.19. The third-order valence-corrected chi connectivity index (χ3v) is 4.86. The smallest absolute Gasteiger partial charge is 0.339 e. The molecule has 1 aliphatic heterocycles. The van der Waals surface area contributed by atoms with Gasteiger partial charge < -0.3 is 18.7 Å². The highest BCUT2D eigenvalue weighted by atomic mass is 32.2. The molecule has 2 heterocycles. The molecule has 0 spiro atoms. The van der Waals surface area contributed by atoms with Gasteiger partial charge in [-0.2, -0.15) is 0 Å². The van der Waals surface area contributed by atoms with Crippen molar-refractivity contribution in [2.45, 2.75) is 11.5 Å². The Balaban J connectivity index is 1.45. The molecule has 2 aromatic carbocycles. The largest absolute Gasteiger partial charge is 0.486 e. The Hall–Kier alpha value is -2.93. The molecule has 0 saturated carbocycles. The van der Waals surface area contributed by atoms with Crippen LogP contribution < -0.4 is 9.47 Å². The number of aromatic nitrogens is 1. The van der Waals surface area contributed by atoms with Gasteiger partial charge in [-0.1, -0.05) is 17.3 Å². The molecular formula is C20H17NO5S. The van der Waals surface area contributed by atoms with Crippen LogP contribution in [0.15, 0.2) is 57.9 Å². The van der Waals surface area contributed by atoms with Crippen molar-refractivity contribution in [3.8, 4) is 22.8 Å². The van der Waals surface area contributed by atoms with Gasteiger partial charge in [0.2, 0.25) is 0 Å². The lowest BCUT2D eigenvalue weighted by atomic mass is 10.1. The van der Waals surface area contributed by atoms with Gasteiger partial charge in [0, 0.05) is 16.5 Å². The van der Waals surface area contributed by atoms with Crippen molar-refractivity contribution in [1.29, 1.82) is 0 Å². The lowest BCUT2D eigenvalue weighted by molar-refractivity contribution is 0.0460. The van der Waals surface area contributed by atoms with Crippen LogP contribution in [0, 0.1) is 0 Å². The molecule has 4 rings (SSSR count). The Morgan fingerprint density at radius 3 is 2.78 bits per heavy atom. The number of ether oxygens (including phenoxy) is 3. The molecule has 0 saturated heterocycles. The van der Waals surface area contributed by atoms with E-state index in [2.05, 4.69) is 5.16 Å². The lowest BCUT2D eigenvalue weighted by Crippen LogP contribution is -2.15. The quantitative estimate of drug-likeness (QED) is 0.483. The summed E-state index contributed by atoms with van der Waals surface area (Å²) in [5, 5.41) is 3.98. The molecule has 0 fully saturated rings. The van der Waals surface area contributed by atoms with Gasteiger partial charge in [0.15, 0.2) is 17.3 Å². The molecule has 0 N–H and O–H groups in total. The predicted molar refractivity (Wildman–Crippen MR) is 100 cm³/mol. The minimum Gasteiger partial charge on any atom is -0.486 e. The number of hydrogen-bond donors (Lipinski definition) is 0. The molecule has 6 nitrogen and oxygen atoms in total. The van der Waals surface area contributed by atoms with Crippen LogP contribution in [0.1, 0.15) is 16.1 Å². The zero-order valence-electron chi connectivity index (χ0n) is 14.6. The zero-order chi connectivity index (χ0) is 18.6. The fourth-order valence-electron chi connectivity index (χ4n) is 2.74. The third kappa shape index (κ3) is 3.78. The topological polar surface area (TPSA) is 70.8 Å². The molecule has 0 radical (unpaired) electrons. The number of thioether (sulfide) groups is 1. The second kappa shape index (κ2) is 7.75. The van der Waals surface area contributed by atoms with Crippen LogP contribution in [0.25, 0.3) is 11.3 Å². The van der Waals surface area contributed by atoms with E-state index in [4.69, 9.17) is 18.7 Å². The van der Waals surface area contributed by atoms with Gasteiger partial charge in [-0.25, -0.2) is 4.79 Å². The number of carbonyl (C=O) groups excluding carboxylic acids is 1. The molecule has 27 heavy (non-hydrogen) atoms. The maximum Gasteiger partial charge on any atom is 0.339 e. The van der Waals surface area contributed by atoms with E-state index >= 15 is 0 Å². The average molecular weight is 383 g/mol. The number of hydrogen-bond acceptors (Lipinski definition) is 7. The molecule has 0 bridgehead atoms. The summed E-state index contributed by atoms with van der Waals surface area (Å²) in [6, 6.07) is 14.6. The highest BCUT2D eigenvalue weighted by molar-refractivity contribution is 7.98. The highest BCUT2D eigenvalue weighted by Gasteiger charge is 2.16. The molecule has 3 aromatic rings. The Kier molecular flexibility index (Phi) is 5.02. The van der Waals surface area contributed by atoms with Crippen molar-refractivity contribution >= 4 is 17.7 Å². The number of carbonyl (C=O) groups is 1. The molecule has 0 unspecified atom stereocenters. The van der Waals surface area contributed by atoms with Gasteiger partial charge in [0.25, 0.3) is 0 Å². The minimum atomic E-state index is -0.385. The zero-order valence-corrected chi connectivity index (χ0v) is 15.5. The Morgan fingerprint density at radius 2 is 1.93 bits per heavy atom. The summed E-state index contributed by atoms with van der Waals surface area (Å²) in [6.07, 6.45) is 1.92. The van der Waals surface area contributed by atoms with Gasteiger partial charge in [-0.05, 0) is 36.6 Å². The van der Waals surface area contributed by atoms with Gasteiger partial charge in [-0.15, -0.1) is 11.8 Å². The fourth-order valence-corrected chi connectivity index (χ4v) is 3.33. The molecule has 138 valence electrons. The Bertz CT molecular complexity index is 969. The monoisotopic (exact) mass is 383 g/mol. The molecule has 0 amide bonds. The average Bonchev–Trinajstić information content (AvgIpc) is 3.20. The summed E-state index contributed by atoms with van der Waals surface area (Å²) in [5.74, 6) is 1.58. The van der Waals surface area contributed by atoms with Crippen molar-refractivity contribution in [3.63, 3.8) is 0 Å². The van der Waals surface area contributed by atoms with E-state index in [0.29, 0.717) is 41.7 Å². The lowest BCUT2D eigenvalue weighted by Gasteiger charge is -2.18. The van der Waals surface area contributed by atoms with Crippen molar-refractivity contribution < 1.29 is 23.5 Å². The fraction of sp³-hybridized carbons (Fsp3) is 0.200. The standard InChI is InChI=1S/C20H17NO5S/c1-27-19-5-3-2-4-15(19)20(22)25-12-14-11-17(26-21-14)13-6-7-16-18(10-13)24-9-8-23-16/h2-7,10-11H,8-9,12H2,1H3. The number of rotatable bonds is 5. The number of benzene rings is 2. The van der Waals surface area contributed by atoms with Crippen LogP contribution >= 0.6 is 11.8 Å². The molecular weight excluding hydrogens is 366 g/mol. The first-order valence-corrected chi connectivity index (χ1v) is 9.63. The van der Waals surface area contributed by atoms with Gasteiger partial charge in [-0.3, -0.25) is 0 Å². The van der Waals surface area contributed by atoms with E-state index < -0.39 is 0 Å². The van der Waals surface area contributed by atoms with Crippen LogP contribution in [-0.4, -0.2) is 30.6 Å². The van der Waals surface area contributed by atoms with Crippen molar-refractivity contribution in [2.75, 3.05) is 19.5 Å². The van der Waals surface area contributed by atoms with E-state index in [1.54, 1.807) is 12.1 Å². The minimum absolute atomic E-state index is 0.0373. The second-order valence-electron chi connectivity index (χ2n) is 5.82. The molecule has 7 heteroatoms. The summed E-state index contributed by atoms with van der Waals surface area (Å²) in [7, 11) is 0. The van der Waals surface area contributed by atoms with Crippen molar-refractivity contribution in [1.82, 2.24) is 5.16 Å². The highest BCUT2D eigenvalue weighted by Crippen LogP contribution is 2.34. The van der Waals surface area contributed by atoms with Crippen LogP contribution in [0.5, 0.6) is 11.5 Å². The van der Waals surface area contributed by atoms with E-state index in [-0.39, 0.29) is 12.6 Å². The summed E-state index contributed by atoms with van der Waals surface area (Å²) >= 11 is 1.50. The van der Waals surface area contributed by atoms with Gasteiger partial charge >= 0.3 is 5.97 Å². The van der Waals surface area contributed by atoms with Crippen molar-refractivity contribution in [2.24, 2.45) is 0 Å². The number of esters is 1. The Morgan fingerprint density at radius 1 is 1.11 bits per heavy atom. The number of nitrogens with zero attached hydrogens (tertiary/aromatic N) is 1. The third-order valence-electron chi connectivity index (χ3n) is 4.06. The van der Waals surface area contributed by atoms with Crippen molar-refractivity contribution in [3.05, 3.63) is 59.8 Å². The van der Waals surface area contributed by atoms with Crippen LogP contribution in [0.3, 0.4) is 0 Å². The molecule has 1 aromatic heterocycles. The summed E-state index contributed by atoms with van der Waals surface area (Å²) in [5.41, 5.74) is 1.90. The maximum atomic E-state index is 12.3. The summed E-state index contributed by atoms with van der Waals surface area (Å²) in [6.45, 7) is 1.10. The van der Waals surface area contributed by atoms with E-state index in [1.807, 2.05) is 42.7 Å². The Labute approximate surface area is 160 Å². The summed E-state index contributed by atoms with van der Waals surface area (Å²) < 4.78 is 21.9. The first-order chi connectivity index (χ1) is 13.2. The first-order valence-electron chi connectivity index (χ1n) is 8.40. The molecule has 0 aliphatic carbocycles. The normalized spacial score (nSPS) is 12.6. The first kappa shape index (κ1) is 17.5. The van der Waals surface area contributed by atoms with E-state index in [0.717, 1.165) is 10.5 Å². The van der Waals surface area contributed by atoms with Gasteiger partial charge in [0.1, 0.15) is 25.5 Å².